The van der Waals surface area contributed by atoms with Gasteiger partial charge in [-0.25, -0.2) is 0 Å². The van der Waals surface area contributed by atoms with E-state index >= 15 is 0 Å². The first-order chi connectivity index (χ1) is 11.8. The summed E-state index contributed by atoms with van der Waals surface area (Å²) in [6.45, 7) is 0.756. The van der Waals surface area contributed by atoms with Crippen molar-refractivity contribution in [1.29, 1.82) is 0 Å². The van der Waals surface area contributed by atoms with E-state index in [9.17, 15) is 0 Å². The zero-order valence-electron chi connectivity index (χ0n) is 13.3. The summed E-state index contributed by atoms with van der Waals surface area (Å²) < 4.78 is 11.2. The molecule has 1 heterocycles. The Hall–Kier alpha value is -2.59. The molecule has 24 heavy (non-hydrogen) atoms. The smallest absolute Gasteiger partial charge is 0.143 e. The molecule has 0 spiro atoms. The summed E-state index contributed by atoms with van der Waals surface area (Å²) in [6, 6.07) is 22.4. The van der Waals surface area contributed by atoms with Crippen molar-refractivity contribution in [2.75, 3.05) is 12.4 Å². The van der Waals surface area contributed by atoms with E-state index in [1.165, 1.54) is 5.56 Å². The lowest BCUT2D eigenvalue weighted by Crippen LogP contribution is -2.01. The van der Waals surface area contributed by atoms with Crippen molar-refractivity contribution < 1.29 is 9.47 Å². The standard InChI is InChI=1S/C20H17NO2S/c1-22-16-9-6-14(7-10-16)13-21-15-8-11-20-18(12-15)23-17-4-2-3-5-19(17)24-20/h2-12,21H,13H2,1H3. The highest BCUT2D eigenvalue weighted by molar-refractivity contribution is 7.99. The van der Waals surface area contributed by atoms with Crippen LogP contribution in [0.3, 0.4) is 0 Å². The molecule has 3 aromatic carbocycles. The zero-order valence-corrected chi connectivity index (χ0v) is 14.1. The summed E-state index contributed by atoms with van der Waals surface area (Å²) in [5.41, 5.74) is 2.25. The lowest BCUT2D eigenvalue weighted by Gasteiger charge is -2.20. The van der Waals surface area contributed by atoms with Gasteiger partial charge >= 0.3 is 0 Å². The third-order valence-corrected chi connectivity index (χ3v) is 5.00. The summed E-state index contributed by atoms with van der Waals surface area (Å²) in [5, 5.41) is 3.44. The number of rotatable bonds is 4. The van der Waals surface area contributed by atoms with Crippen molar-refractivity contribution in [2.24, 2.45) is 0 Å². The van der Waals surface area contributed by atoms with Crippen LogP contribution in [0.15, 0.2) is 76.5 Å². The zero-order chi connectivity index (χ0) is 16.4. The highest BCUT2D eigenvalue weighted by Crippen LogP contribution is 2.47. The molecule has 0 saturated heterocycles. The number of nitrogens with one attached hydrogen (secondary N) is 1. The minimum absolute atomic E-state index is 0.756. The minimum Gasteiger partial charge on any atom is -0.497 e. The molecule has 3 aromatic rings. The normalized spacial score (nSPS) is 11.9. The van der Waals surface area contributed by atoms with Gasteiger partial charge in [0.15, 0.2) is 0 Å². The van der Waals surface area contributed by atoms with E-state index in [0.717, 1.165) is 39.3 Å². The van der Waals surface area contributed by atoms with Crippen LogP contribution in [-0.2, 0) is 6.54 Å². The minimum atomic E-state index is 0.756. The predicted molar refractivity (Wildman–Crippen MR) is 97.4 cm³/mol. The van der Waals surface area contributed by atoms with Crippen molar-refractivity contribution in [1.82, 2.24) is 0 Å². The topological polar surface area (TPSA) is 30.5 Å². The molecule has 1 N–H and O–H groups in total. The fourth-order valence-electron chi connectivity index (χ4n) is 2.59. The van der Waals surface area contributed by atoms with Gasteiger partial charge in [0, 0.05) is 18.3 Å². The molecule has 0 atom stereocenters. The molecule has 4 heteroatoms. The Labute approximate surface area is 145 Å². The Morgan fingerprint density at radius 2 is 1.71 bits per heavy atom. The molecule has 3 nitrogen and oxygen atoms in total. The van der Waals surface area contributed by atoms with Gasteiger partial charge in [0.25, 0.3) is 0 Å². The van der Waals surface area contributed by atoms with Gasteiger partial charge in [0.2, 0.25) is 0 Å². The molecule has 120 valence electrons. The van der Waals surface area contributed by atoms with Crippen LogP contribution in [0.5, 0.6) is 17.2 Å². The number of ether oxygens (including phenoxy) is 2. The molecule has 0 saturated carbocycles. The van der Waals surface area contributed by atoms with Crippen LogP contribution in [-0.4, -0.2) is 7.11 Å². The first-order valence-corrected chi connectivity index (χ1v) is 8.59. The second-order valence-corrected chi connectivity index (χ2v) is 6.60. The maximum absolute atomic E-state index is 6.02. The van der Waals surface area contributed by atoms with E-state index in [2.05, 4.69) is 41.7 Å². The van der Waals surface area contributed by atoms with Crippen molar-refractivity contribution in [3.05, 3.63) is 72.3 Å². The van der Waals surface area contributed by atoms with Crippen LogP contribution in [0.2, 0.25) is 0 Å². The van der Waals surface area contributed by atoms with E-state index in [0.29, 0.717) is 0 Å². The quantitative estimate of drug-likeness (QED) is 0.528. The van der Waals surface area contributed by atoms with Crippen molar-refractivity contribution in [2.45, 2.75) is 16.3 Å². The van der Waals surface area contributed by atoms with E-state index in [1.54, 1.807) is 18.9 Å². The van der Waals surface area contributed by atoms with Gasteiger partial charge in [-0.2, -0.15) is 0 Å². The maximum atomic E-state index is 6.02. The average Bonchev–Trinajstić information content (AvgIpc) is 2.65. The third-order valence-electron chi connectivity index (χ3n) is 3.89. The van der Waals surface area contributed by atoms with Crippen molar-refractivity contribution in [3.63, 3.8) is 0 Å². The van der Waals surface area contributed by atoms with Crippen molar-refractivity contribution in [3.8, 4) is 17.2 Å². The molecule has 0 aliphatic carbocycles. The number of para-hydroxylation sites is 1. The third kappa shape index (κ3) is 3.05. The number of methoxy groups -OCH3 is 1. The van der Waals surface area contributed by atoms with Crippen LogP contribution in [0.25, 0.3) is 0 Å². The lowest BCUT2D eigenvalue weighted by molar-refractivity contribution is 0.414. The summed E-state index contributed by atoms with van der Waals surface area (Å²) >= 11 is 1.74. The number of benzene rings is 3. The Morgan fingerprint density at radius 1 is 0.917 bits per heavy atom. The molecular weight excluding hydrogens is 318 g/mol. The average molecular weight is 335 g/mol. The highest BCUT2D eigenvalue weighted by atomic mass is 32.2. The van der Waals surface area contributed by atoms with Gasteiger partial charge in [-0.15, -0.1) is 0 Å². The summed E-state index contributed by atoms with van der Waals surface area (Å²) in [5.74, 6) is 2.69. The Morgan fingerprint density at radius 3 is 2.54 bits per heavy atom. The van der Waals surface area contributed by atoms with Crippen LogP contribution in [0.1, 0.15) is 5.56 Å². The van der Waals surface area contributed by atoms with E-state index in [4.69, 9.17) is 9.47 Å². The van der Waals surface area contributed by atoms with Gasteiger partial charge in [0.1, 0.15) is 17.2 Å². The molecule has 1 aliphatic rings. The molecule has 0 aromatic heterocycles. The van der Waals surface area contributed by atoms with Crippen LogP contribution in [0.4, 0.5) is 5.69 Å². The second-order valence-electron chi connectivity index (χ2n) is 5.51. The van der Waals surface area contributed by atoms with Crippen LogP contribution in [0, 0.1) is 0 Å². The molecule has 0 fully saturated rings. The Kier molecular flexibility index (Phi) is 4.05. The Bertz CT molecular complexity index is 862. The van der Waals surface area contributed by atoms with Crippen LogP contribution >= 0.6 is 11.8 Å². The van der Waals surface area contributed by atoms with Crippen molar-refractivity contribution >= 4 is 17.4 Å². The SMILES string of the molecule is COc1ccc(CNc2ccc3c(c2)Oc2ccccc2S3)cc1. The fourth-order valence-corrected chi connectivity index (χ4v) is 3.52. The van der Waals surface area contributed by atoms with E-state index < -0.39 is 0 Å². The van der Waals surface area contributed by atoms with Gasteiger partial charge in [0.05, 0.1) is 16.9 Å². The monoisotopic (exact) mass is 335 g/mol. The first-order valence-electron chi connectivity index (χ1n) is 7.77. The molecule has 0 amide bonds. The van der Waals surface area contributed by atoms with Crippen LogP contribution < -0.4 is 14.8 Å². The molecule has 0 unspecified atom stereocenters. The molecule has 0 radical (unpaired) electrons. The summed E-state index contributed by atoms with van der Waals surface area (Å²) in [7, 11) is 1.68. The van der Waals surface area contributed by atoms with E-state index in [-0.39, 0.29) is 0 Å². The van der Waals surface area contributed by atoms with Gasteiger partial charge in [-0.05, 0) is 42.0 Å². The number of anilines is 1. The van der Waals surface area contributed by atoms with Gasteiger partial charge in [-0.3, -0.25) is 0 Å². The number of hydrogen-bond donors (Lipinski definition) is 1. The number of hydrogen-bond acceptors (Lipinski definition) is 4. The predicted octanol–water partition coefficient (Wildman–Crippen LogP) is 5.56. The molecular formula is C20H17NO2S. The lowest BCUT2D eigenvalue weighted by atomic mass is 10.2. The molecule has 0 bridgehead atoms. The van der Waals surface area contributed by atoms with Gasteiger partial charge < -0.3 is 14.8 Å². The Balaban J connectivity index is 1.48. The highest BCUT2D eigenvalue weighted by Gasteiger charge is 2.17. The largest absolute Gasteiger partial charge is 0.497 e. The number of fused-ring (bicyclic) bond motifs is 2. The molecule has 4 rings (SSSR count). The summed E-state index contributed by atoms with van der Waals surface area (Å²) in [6.07, 6.45) is 0. The second kappa shape index (κ2) is 6.49. The maximum Gasteiger partial charge on any atom is 0.143 e. The van der Waals surface area contributed by atoms with Gasteiger partial charge in [-0.1, -0.05) is 36.0 Å². The fraction of sp³-hybridized carbons (Fsp3) is 0.100. The molecule has 1 aliphatic heterocycles. The first kappa shape index (κ1) is 15.0. The van der Waals surface area contributed by atoms with E-state index in [1.807, 2.05) is 30.3 Å². The summed E-state index contributed by atoms with van der Waals surface area (Å²) in [4.78, 5) is 2.30.